The zero-order chi connectivity index (χ0) is 15.9. The summed E-state index contributed by atoms with van der Waals surface area (Å²) < 4.78 is 5.48. The average molecular weight is 311 g/mol. The Bertz CT molecular complexity index is 343. The number of rotatable bonds is 6. The molecule has 1 saturated carbocycles. The van der Waals surface area contributed by atoms with Crippen molar-refractivity contribution in [2.45, 2.75) is 63.5 Å². The van der Waals surface area contributed by atoms with Gasteiger partial charge in [0.25, 0.3) is 0 Å². The van der Waals surface area contributed by atoms with Crippen molar-refractivity contribution in [2.75, 3.05) is 27.2 Å². The number of primary amides is 1. The van der Waals surface area contributed by atoms with Crippen LogP contribution in [0.3, 0.4) is 0 Å². The van der Waals surface area contributed by atoms with Gasteiger partial charge in [-0.3, -0.25) is 0 Å². The summed E-state index contributed by atoms with van der Waals surface area (Å²) >= 11 is 0. The van der Waals surface area contributed by atoms with Crippen LogP contribution in [-0.4, -0.2) is 50.3 Å². The maximum absolute atomic E-state index is 11.8. The van der Waals surface area contributed by atoms with Gasteiger partial charge in [-0.2, -0.15) is 0 Å². The minimum absolute atomic E-state index is 0.242. The number of nitrogens with two attached hydrogens (primary N) is 1. The third-order valence-corrected chi connectivity index (χ3v) is 5.61. The molecule has 2 rings (SSSR count). The summed E-state index contributed by atoms with van der Waals surface area (Å²) in [5.41, 5.74) is 5.61. The number of nitrogens with one attached hydrogen (secondary N) is 1. The number of urea groups is 1. The molecule has 5 nitrogen and oxygen atoms in total. The number of likely N-dealkylation sites (tertiary alicyclic amines) is 1. The highest BCUT2D eigenvalue weighted by Gasteiger charge is 2.33. The van der Waals surface area contributed by atoms with Gasteiger partial charge in [0.15, 0.2) is 0 Å². The Morgan fingerprint density at radius 3 is 2.59 bits per heavy atom. The smallest absolute Gasteiger partial charge is 0.315 e. The molecule has 2 unspecified atom stereocenters. The van der Waals surface area contributed by atoms with Crippen molar-refractivity contribution in [3.05, 3.63) is 0 Å². The number of methoxy groups -OCH3 is 1. The molecule has 2 aliphatic rings. The van der Waals surface area contributed by atoms with Crippen LogP contribution in [-0.2, 0) is 4.74 Å². The molecule has 0 spiro atoms. The normalized spacial score (nSPS) is 31.0. The predicted molar refractivity (Wildman–Crippen MR) is 88.7 cm³/mol. The van der Waals surface area contributed by atoms with Crippen LogP contribution >= 0.6 is 0 Å². The van der Waals surface area contributed by atoms with Gasteiger partial charge in [-0.25, -0.2) is 4.79 Å². The van der Waals surface area contributed by atoms with Crippen LogP contribution in [0.1, 0.15) is 51.4 Å². The first-order chi connectivity index (χ1) is 10.7. The van der Waals surface area contributed by atoms with Gasteiger partial charge in [-0.05, 0) is 76.8 Å². The summed E-state index contributed by atoms with van der Waals surface area (Å²) in [6.07, 6.45) is 9.92. The molecule has 0 bridgehead atoms. The van der Waals surface area contributed by atoms with Crippen molar-refractivity contribution in [3.63, 3.8) is 0 Å². The summed E-state index contributed by atoms with van der Waals surface area (Å²) in [6, 6.07) is 0.0766. The Hall–Kier alpha value is -0.810. The maximum atomic E-state index is 11.8. The number of nitrogens with zero attached hydrogens (tertiary/aromatic N) is 1. The SMILES string of the molecule is CNCC(CC1CCC(OC)CC1)C1CCCCN1C(N)=O. The zero-order valence-electron chi connectivity index (χ0n) is 14.2. The minimum atomic E-state index is -0.242. The molecule has 2 amide bonds. The van der Waals surface area contributed by atoms with Crippen molar-refractivity contribution < 1.29 is 9.53 Å². The van der Waals surface area contributed by atoms with Crippen LogP contribution < -0.4 is 11.1 Å². The minimum Gasteiger partial charge on any atom is -0.381 e. The van der Waals surface area contributed by atoms with E-state index in [-0.39, 0.29) is 6.03 Å². The first-order valence-electron chi connectivity index (χ1n) is 8.89. The number of ether oxygens (including phenoxy) is 1. The van der Waals surface area contributed by atoms with Gasteiger partial charge in [0, 0.05) is 19.7 Å². The summed E-state index contributed by atoms with van der Waals surface area (Å²) in [5, 5.41) is 3.33. The molecule has 1 heterocycles. The Morgan fingerprint density at radius 2 is 2.00 bits per heavy atom. The summed E-state index contributed by atoms with van der Waals surface area (Å²) in [6.45, 7) is 1.80. The zero-order valence-corrected chi connectivity index (χ0v) is 14.2. The number of hydrogen-bond donors (Lipinski definition) is 2. The second-order valence-corrected chi connectivity index (χ2v) is 7.03. The van der Waals surface area contributed by atoms with Gasteiger partial charge < -0.3 is 20.7 Å². The van der Waals surface area contributed by atoms with Crippen molar-refractivity contribution in [3.8, 4) is 0 Å². The van der Waals surface area contributed by atoms with E-state index >= 15 is 0 Å². The van der Waals surface area contributed by atoms with Gasteiger partial charge in [0.1, 0.15) is 0 Å². The van der Waals surface area contributed by atoms with Crippen LogP contribution in [0.4, 0.5) is 4.79 Å². The first kappa shape index (κ1) is 17.5. The number of amides is 2. The average Bonchev–Trinajstić information content (AvgIpc) is 2.55. The Balaban J connectivity index is 1.95. The van der Waals surface area contributed by atoms with Crippen LogP contribution in [0, 0.1) is 11.8 Å². The highest BCUT2D eigenvalue weighted by molar-refractivity contribution is 5.72. The highest BCUT2D eigenvalue weighted by atomic mass is 16.5. The molecule has 0 radical (unpaired) electrons. The standard InChI is InChI=1S/C17H33N3O2/c1-19-12-14(11-13-6-8-15(22-2)9-7-13)16-5-3-4-10-20(16)17(18)21/h13-16,19H,3-12H2,1-2H3,(H2,18,21). The topological polar surface area (TPSA) is 67.6 Å². The molecule has 0 aromatic heterocycles. The lowest BCUT2D eigenvalue weighted by Crippen LogP contribution is -2.52. The van der Waals surface area contributed by atoms with Crippen molar-refractivity contribution in [2.24, 2.45) is 17.6 Å². The lowest BCUT2D eigenvalue weighted by Gasteiger charge is -2.41. The lowest BCUT2D eigenvalue weighted by molar-refractivity contribution is 0.0468. The van der Waals surface area contributed by atoms with E-state index in [2.05, 4.69) is 5.32 Å². The molecule has 0 aromatic rings. The Labute approximate surface area is 134 Å². The summed E-state index contributed by atoms with van der Waals surface area (Å²) in [5.74, 6) is 1.28. The first-order valence-corrected chi connectivity index (χ1v) is 8.89. The number of carbonyl (C=O) groups excluding carboxylic acids is 1. The van der Waals surface area contributed by atoms with Crippen molar-refractivity contribution in [1.82, 2.24) is 10.2 Å². The van der Waals surface area contributed by atoms with E-state index in [4.69, 9.17) is 10.5 Å². The number of carbonyl (C=O) groups is 1. The number of hydrogen-bond acceptors (Lipinski definition) is 3. The third kappa shape index (κ3) is 4.59. The van der Waals surface area contributed by atoms with E-state index < -0.39 is 0 Å². The fourth-order valence-corrected chi connectivity index (χ4v) is 4.39. The van der Waals surface area contributed by atoms with Crippen molar-refractivity contribution >= 4 is 6.03 Å². The Kier molecular flexibility index (Phi) is 6.96. The molecule has 2 atom stereocenters. The third-order valence-electron chi connectivity index (χ3n) is 5.61. The quantitative estimate of drug-likeness (QED) is 0.791. The molecule has 128 valence electrons. The van der Waals surface area contributed by atoms with E-state index in [1.807, 2.05) is 19.1 Å². The van der Waals surface area contributed by atoms with Crippen LogP contribution in [0.2, 0.25) is 0 Å². The van der Waals surface area contributed by atoms with Gasteiger partial charge in [-0.15, -0.1) is 0 Å². The largest absolute Gasteiger partial charge is 0.381 e. The Morgan fingerprint density at radius 1 is 1.27 bits per heavy atom. The van der Waals surface area contributed by atoms with E-state index in [0.29, 0.717) is 18.1 Å². The second-order valence-electron chi connectivity index (χ2n) is 7.03. The van der Waals surface area contributed by atoms with E-state index in [9.17, 15) is 4.79 Å². The fraction of sp³-hybridized carbons (Fsp3) is 0.941. The molecule has 1 aliphatic heterocycles. The van der Waals surface area contributed by atoms with Crippen LogP contribution in [0.15, 0.2) is 0 Å². The monoisotopic (exact) mass is 311 g/mol. The van der Waals surface area contributed by atoms with Gasteiger partial charge in [0.05, 0.1) is 6.10 Å². The molecule has 2 fully saturated rings. The lowest BCUT2D eigenvalue weighted by atomic mass is 9.77. The molecular formula is C17H33N3O2. The van der Waals surface area contributed by atoms with E-state index in [1.54, 1.807) is 0 Å². The fourth-order valence-electron chi connectivity index (χ4n) is 4.39. The van der Waals surface area contributed by atoms with Crippen LogP contribution in [0.25, 0.3) is 0 Å². The predicted octanol–water partition coefficient (Wildman–Crippen LogP) is 2.35. The molecule has 3 N–H and O–H groups in total. The van der Waals surface area contributed by atoms with E-state index in [0.717, 1.165) is 31.8 Å². The van der Waals surface area contributed by atoms with Crippen molar-refractivity contribution in [1.29, 1.82) is 0 Å². The molecule has 1 saturated heterocycles. The summed E-state index contributed by atoms with van der Waals surface area (Å²) in [7, 11) is 3.83. The van der Waals surface area contributed by atoms with Crippen LogP contribution in [0.5, 0.6) is 0 Å². The van der Waals surface area contributed by atoms with Gasteiger partial charge >= 0.3 is 6.03 Å². The molecule has 1 aliphatic carbocycles. The van der Waals surface area contributed by atoms with Gasteiger partial charge in [0.2, 0.25) is 0 Å². The molecule has 5 heteroatoms. The number of piperidine rings is 1. The van der Waals surface area contributed by atoms with Gasteiger partial charge in [-0.1, -0.05) is 0 Å². The second kappa shape index (κ2) is 8.73. The molecule has 0 aromatic carbocycles. The summed E-state index contributed by atoms with van der Waals surface area (Å²) in [4.78, 5) is 13.7. The molecule has 22 heavy (non-hydrogen) atoms. The maximum Gasteiger partial charge on any atom is 0.315 e. The van der Waals surface area contributed by atoms with E-state index in [1.165, 1.54) is 38.5 Å². The molecular weight excluding hydrogens is 278 g/mol. The highest BCUT2D eigenvalue weighted by Crippen LogP contribution is 2.34.